The molecular weight excluding hydrogens is 421 g/mol. The zero-order chi connectivity index (χ0) is 22.6. The van der Waals surface area contributed by atoms with E-state index in [1.807, 2.05) is 29.3 Å². The van der Waals surface area contributed by atoms with Crippen LogP contribution >= 0.6 is 0 Å². The van der Waals surface area contributed by atoms with E-state index in [1.165, 1.54) is 12.1 Å². The van der Waals surface area contributed by atoms with E-state index in [1.54, 1.807) is 23.0 Å². The predicted molar refractivity (Wildman–Crippen MR) is 124 cm³/mol. The van der Waals surface area contributed by atoms with Gasteiger partial charge in [-0.05, 0) is 73.6 Å². The molecule has 0 bridgehead atoms. The maximum atomic E-state index is 13.1. The van der Waals surface area contributed by atoms with Gasteiger partial charge in [-0.2, -0.15) is 5.10 Å². The Labute approximate surface area is 191 Å². The maximum Gasteiger partial charge on any atom is 0.323 e. The molecule has 1 aromatic heterocycles. The number of hydrogen-bond donors (Lipinski definition) is 1. The number of nitrogens with zero attached hydrogens (tertiary/aromatic N) is 4. The highest BCUT2D eigenvalue weighted by atomic mass is 19.1. The third kappa shape index (κ3) is 5.05. The third-order valence-electron chi connectivity index (χ3n) is 6.02. The predicted octanol–water partition coefficient (Wildman–Crippen LogP) is 5.08. The Balaban J connectivity index is 1.20. The van der Waals surface area contributed by atoms with Gasteiger partial charge in [0.15, 0.2) is 5.82 Å². The van der Waals surface area contributed by atoms with Crippen LogP contribution in [0, 0.1) is 11.7 Å². The molecule has 2 aliphatic rings. The van der Waals surface area contributed by atoms with Crippen molar-refractivity contribution in [2.45, 2.75) is 32.1 Å². The summed E-state index contributed by atoms with van der Waals surface area (Å²) in [5, 5.41) is 7.30. The molecule has 1 saturated heterocycles. The van der Waals surface area contributed by atoms with Gasteiger partial charge in [-0.25, -0.2) is 18.8 Å². The monoisotopic (exact) mass is 447 g/mol. The third-order valence-corrected chi connectivity index (χ3v) is 6.02. The molecule has 0 spiro atoms. The van der Waals surface area contributed by atoms with Gasteiger partial charge in [0.2, 0.25) is 0 Å². The van der Waals surface area contributed by atoms with Crippen LogP contribution in [0.1, 0.15) is 30.7 Å². The number of urea groups is 1. The summed E-state index contributed by atoms with van der Waals surface area (Å²) in [5.74, 6) is 2.87. The largest absolute Gasteiger partial charge is 0.457 e. The first-order chi connectivity index (χ1) is 16.1. The van der Waals surface area contributed by atoms with Gasteiger partial charge in [0.1, 0.15) is 23.1 Å². The van der Waals surface area contributed by atoms with Crippen LogP contribution in [-0.2, 0) is 12.8 Å². The van der Waals surface area contributed by atoms with Crippen LogP contribution in [-0.4, -0.2) is 39.9 Å². The molecule has 33 heavy (non-hydrogen) atoms. The summed E-state index contributed by atoms with van der Waals surface area (Å²) in [7, 11) is 0. The zero-order valence-electron chi connectivity index (χ0n) is 18.3. The number of piperidine rings is 1. The van der Waals surface area contributed by atoms with E-state index >= 15 is 0 Å². The minimum Gasteiger partial charge on any atom is -0.457 e. The Bertz CT molecular complexity index is 1160. The number of carbonyl (C=O) groups excluding carboxylic acids is 1. The topological polar surface area (TPSA) is 71.8 Å². The number of carbonyl (C=O) groups is 1. The van der Waals surface area contributed by atoms with Crippen LogP contribution in [0.25, 0.3) is 0 Å². The van der Waals surface area contributed by atoms with Crippen molar-refractivity contribution in [3.05, 3.63) is 71.9 Å². The lowest BCUT2D eigenvalue weighted by Gasteiger charge is -2.33. The molecule has 7 nitrogen and oxygen atoms in total. The maximum absolute atomic E-state index is 13.1. The molecule has 1 atom stereocenters. The number of amides is 2. The Kier molecular flexibility index (Phi) is 6.06. The van der Waals surface area contributed by atoms with Gasteiger partial charge in [-0.1, -0.05) is 12.1 Å². The number of imidazole rings is 1. The number of nitrogens with one attached hydrogen (secondary N) is 1. The highest BCUT2D eigenvalue weighted by Crippen LogP contribution is 2.26. The first-order valence-corrected chi connectivity index (χ1v) is 11.3. The van der Waals surface area contributed by atoms with Crippen molar-refractivity contribution in [2.75, 3.05) is 18.4 Å². The summed E-state index contributed by atoms with van der Waals surface area (Å²) in [5.41, 5.74) is 1.15. The molecule has 8 heteroatoms. The summed E-state index contributed by atoms with van der Waals surface area (Å²) in [6, 6.07) is 13.8. The van der Waals surface area contributed by atoms with Gasteiger partial charge in [-0.3, -0.25) is 5.32 Å². The lowest BCUT2D eigenvalue weighted by atomic mass is 9.91. The second-order valence-corrected chi connectivity index (χ2v) is 8.50. The molecule has 0 radical (unpaired) electrons. The number of halogens is 1. The van der Waals surface area contributed by atoms with E-state index in [-0.39, 0.29) is 11.8 Å². The number of aromatic nitrogens is 2. The van der Waals surface area contributed by atoms with Crippen molar-refractivity contribution in [3.8, 4) is 11.5 Å². The van der Waals surface area contributed by atoms with Crippen LogP contribution in [0.4, 0.5) is 15.0 Å². The first-order valence-electron chi connectivity index (χ1n) is 11.3. The summed E-state index contributed by atoms with van der Waals surface area (Å²) < 4.78 is 20.7. The molecule has 3 aromatic rings. The molecule has 0 aliphatic carbocycles. The molecule has 3 heterocycles. The molecule has 2 aromatic carbocycles. The van der Waals surface area contributed by atoms with Gasteiger partial charge < -0.3 is 9.64 Å². The smallest absolute Gasteiger partial charge is 0.323 e. The van der Waals surface area contributed by atoms with E-state index in [0.717, 1.165) is 55.8 Å². The van der Waals surface area contributed by atoms with Crippen molar-refractivity contribution in [1.29, 1.82) is 0 Å². The van der Waals surface area contributed by atoms with Crippen LogP contribution in [0.2, 0.25) is 0 Å². The Morgan fingerprint density at radius 3 is 2.94 bits per heavy atom. The van der Waals surface area contributed by atoms with E-state index in [4.69, 9.17) is 4.74 Å². The standard InChI is InChI=1S/C25H26FN5O2/c26-20-8-10-21(11-9-20)33-22-6-1-4-18(15-22)14-19-5-3-13-30(17-19)25(32)29-24-16-27-23-7-2-12-28-31(23)24/h1,4,6,8-12,15-16,19H,2-3,5,7,13-14,17H2,(H,29,32). The number of aryl methyl sites for hydroxylation is 1. The van der Waals surface area contributed by atoms with Crippen molar-refractivity contribution < 1.29 is 13.9 Å². The second-order valence-electron chi connectivity index (χ2n) is 8.50. The summed E-state index contributed by atoms with van der Waals surface area (Å²) >= 11 is 0. The van der Waals surface area contributed by atoms with E-state index in [9.17, 15) is 9.18 Å². The summed E-state index contributed by atoms with van der Waals surface area (Å²) in [6.07, 6.45) is 8.10. The number of rotatable bonds is 5. The van der Waals surface area contributed by atoms with E-state index in [0.29, 0.717) is 24.0 Å². The molecule has 1 unspecified atom stereocenters. The Morgan fingerprint density at radius 2 is 2.06 bits per heavy atom. The van der Waals surface area contributed by atoms with E-state index in [2.05, 4.69) is 21.5 Å². The van der Waals surface area contributed by atoms with Gasteiger partial charge in [0.25, 0.3) is 0 Å². The number of fused-ring (bicyclic) bond motifs is 1. The average molecular weight is 448 g/mol. The fourth-order valence-corrected chi connectivity index (χ4v) is 4.41. The number of likely N-dealkylation sites (tertiary alicyclic amines) is 1. The molecule has 2 aliphatic heterocycles. The molecule has 2 amide bonds. The number of anilines is 1. The van der Waals surface area contributed by atoms with E-state index < -0.39 is 0 Å². The fourth-order valence-electron chi connectivity index (χ4n) is 4.41. The van der Waals surface area contributed by atoms with Crippen LogP contribution in [0.5, 0.6) is 11.5 Å². The van der Waals surface area contributed by atoms with Crippen LogP contribution in [0.15, 0.2) is 59.8 Å². The average Bonchev–Trinajstić information content (AvgIpc) is 3.24. The molecule has 5 rings (SSSR count). The molecule has 1 N–H and O–H groups in total. The van der Waals surface area contributed by atoms with Crippen LogP contribution in [0.3, 0.4) is 0 Å². The highest BCUT2D eigenvalue weighted by Gasteiger charge is 2.25. The SMILES string of the molecule is O=C(Nc1cnc2n1N=CCC2)N1CCCC(Cc2cccc(Oc3ccc(F)cc3)c2)C1. The van der Waals surface area contributed by atoms with Crippen molar-refractivity contribution in [1.82, 2.24) is 14.6 Å². The summed E-state index contributed by atoms with van der Waals surface area (Å²) in [4.78, 5) is 19.1. The minimum atomic E-state index is -0.289. The molecule has 170 valence electrons. The Hall–Kier alpha value is -3.68. The minimum absolute atomic E-state index is 0.114. The lowest BCUT2D eigenvalue weighted by molar-refractivity contribution is 0.177. The first kappa shape index (κ1) is 21.2. The lowest BCUT2D eigenvalue weighted by Crippen LogP contribution is -2.43. The van der Waals surface area contributed by atoms with Crippen molar-refractivity contribution in [2.24, 2.45) is 11.0 Å². The number of ether oxygens (including phenoxy) is 1. The van der Waals surface area contributed by atoms with Crippen molar-refractivity contribution >= 4 is 18.1 Å². The Morgan fingerprint density at radius 1 is 1.18 bits per heavy atom. The normalized spacial score (nSPS) is 17.5. The van der Waals surface area contributed by atoms with Gasteiger partial charge in [0, 0.05) is 25.7 Å². The number of hydrogen-bond acceptors (Lipinski definition) is 4. The molecular formula is C25H26FN5O2. The number of benzene rings is 2. The quantitative estimate of drug-likeness (QED) is 0.593. The van der Waals surface area contributed by atoms with Crippen LogP contribution < -0.4 is 10.1 Å². The van der Waals surface area contributed by atoms with Gasteiger partial charge in [0.05, 0.1) is 6.20 Å². The second kappa shape index (κ2) is 9.44. The van der Waals surface area contributed by atoms with Gasteiger partial charge in [-0.15, -0.1) is 0 Å². The van der Waals surface area contributed by atoms with Gasteiger partial charge >= 0.3 is 6.03 Å². The molecule has 0 saturated carbocycles. The zero-order valence-corrected chi connectivity index (χ0v) is 18.3. The van der Waals surface area contributed by atoms with Crippen molar-refractivity contribution in [3.63, 3.8) is 0 Å². The fraction of sp³-hybridized carbons (Fsp3) is 0.320. The molecule has 1 fully saturated rings. The summed E-state index contributed by atoms with van der Waals surface area (Å²) in [6.45, 7) is 1.43. The highest BCUT2D eigenvalue weighted by molar-refractivity contribution is 5.88.